The van der Waals surface area contributed by atoms with E-state index in [-0.39, 0.29) is 5.82 Å². The molecule has 0 saturated carbocycles. The molecule has 0 unspecified atom stereocenters. The molecule has 0 amide bonds. The van der Waals surface area contributed by atoms with Gasteiger partial charge in [-0.3, -0.25) is 0 Å². The number of hydrogen-bond acceptors (Lipinski definition) is 4. The van der Waals surface area contributed by atoms with E-state index in [1.54, 1.807) is 29.8 Å². The van der Waals surface area contributed by atoms with Crippen LogP contribution in [0, 0.1) is 5.82 Å². The fraction of sp³-hybridized carbons (Fsp3) is 0.0909. The lowest BCUT2D eigenvalue weighted by Crippen LogP contribution is -2.06. The van der Waals surface area contributed by atoms with Gasteiger partial charge in [0.1, 0.15) is 22.8 Å². The van der Waals surface area contributed by atoms with Crippen LogP contribution in [0.3, 0.4) is 0 Å². The van der Waals surface area contributed by atoms with Crippen molar-refractivity contribution in [2.24, 2.45) is 0 Å². The minimum absolute atomic E-state index is 0.239. The van der Waals surface area contributed by atoms with Gasteiger partial charge in [-0.2, -0.15) is 0 Å². The Morgan fingerprint density at radius 1 is 1.04 bits per heavy atom. The van der Waals surface area contributed by atoms with E-state index in [1.807, 2.05) is 6.07 Å². The first kappa shape index (κ1) is 16.9. The highest BCUT2D eigenvalue weighted by Crippen LogP contribution is 2.36. The summed E-state index contributed by atoms with van der Waals surface area (Å²) in [6, 6.07) is 14.8. The summed E-state index contributed by atoms with van der Waals surface area (Å²) in [7, 11) is 0. The van der Waals surface area contributed by atoms with Crippen LogP contribution in [0.2, 0.25) is 0 Å². The number of anilines is 1. The number of thiophene rings is 1. The number of aromatic nitrogens is 3. The number of nitrogens with zero attached hydrogens (tertiary/aromatic N) is 2. The zero-order chi connectivity index (χ0) is 18.9. The van der Waals surface area contributed by atoms with E-state index >= 15 is 0 Å². The molecule has 0 spiro atoms. The molecule has 28 heavy (non-hydrogen) atoms. The molecule has 5 rings (SSSR count). The molecule has 138 valence electrons. The number of benzene rings is 2. The maximum atomic E-state index is 13.3. The van der Waals surface area contributed by atoms with Gasteiger partial charge in [0, 0.05) is 34.6 Å². The van der Waals surface area contributed by atoms with E-state index in [9.17, 15) is 4.39 Å². The molecule has 3 aromatic heterocycles. The Bertz CT molecular complexity index is 1260. The summed E-state index contributed by atoms with van der Waals surface area (Å²) in [5.74, 6) is 0.571. The lowest BCUT2D eigenvalue weighted by Gasteiger charge is -2.08. The number of nitrogens with one attached hydrogen (secondary N) is 2. The molecule has 0 aliphatic heterocycles. The van der Waals surface area contributed by atoms with Crippen LogP contribution in [0.25, 0.3) is 32.2 Å². The van der Waals surface area contributed by atoms with Crippen molar-refractivity contribution in [3.8, 4) is 11.1 Å². The lowest BCUT2D eigenvalue weighted by atomic mass is 10.1. The highest BCUT2D eigenvalue weighted by molar-refractivity contribution is 7.17. The Morgan fingerprint density at radius 3 is 2.79 bits per heavy atom. The van der Waals surface area contributed by atoms with Gasteiger partial charge in [0.2, 0.25) is 0 Å². The highest BCUT2D eigenvalue weighted by atomic mass is 32.1. The van der Waals surface area contributed by atoms with Gasteiger partial charge in [0.15, 0.2) is 0 Å². The maximum Gasteiger partial charge on any atom is 0.138 e. The number of rotatable bonds is 5. The molecule has 0 aliphatic rings. The molecule has 0 atom stereocenters. The van der Waals surface area contributed by atoms with Gasteiger partial charge in [-0.15, -0.1) is 11.3 Å². The van der Waals surface area contributed by atoms with Crippen molar-refractivity contribution < 1.29 is 4.39 Å². The van der Waals surface area contributed by atoms with Crippen molar-refractivity contribution in [3.05, 3.63) is 77.8 Å². The van der Waals surface area contributed by atoms with Crippen LogP contribution in [0.5, 0.6) is 0 Å². The second kappa shape index (κ2) is 7.05. The number of halogens is 1. The third-order valence-corrected chi connectivity index (χ3v) is 5.77. The zero-order valence-electron chi connectivity index (χ0n) is 14.9. The molecular weight excluding hydrogens is 371 g/mol. The molecule has 2 aromatic carbocycles. The number of fused-ring (bicyclic) bond motifs is 2. The summed E-state index contributed by atoms with van der Waals surface area (Å²) in [4.78, 5) is 13.1. The first-order valence-corrected chi connectivity index (χ1v) is 9.94. The molecule has 0 radical (unpaired) electrons. The average molecular weight is 388 g/mol. The van der Waals surface area contributed by atoms with Crippen LogP contribution < -0.4 is 5.32 Å². The molecule has 6 heteroatoms. The van der Waals surface area contributed by atoms with Gasteiger partial charge >= 0.3 is 0 Å². The van der Waals surface area contributed by atoms with Gasteiger partial charge in [-0.25, -0.2) is 14.4 Å². The van der Waals surface area contributed by atoms with Crippen molar-refractivity contribution in [2.45, 2.75) is 6.42 Å². The summed E-state index contributed by atoms with van der Waals surface area (Å²) < 4.78 is 13.3. The Hall–Kier alpha value is -3.25. The monoisotopic (exact) mass is 388 g/mol. The summed E-state index contributed by atoms with van der Waals surface area (Å²) in [6.45, 7) is 0.757. The van der Waals surface area contributed by atoms with E-state index in [4.69, 9.17) is 0 Å². The van der Waals surface area contributed by atoms with Crippen molar-refractivity contribution in [3.63, 3.8) is 0 Å². The van der Waals surface area contributed by atoms with E-state index in [1.165, 1.54) is 23.1 Å². The predicted molar refractivity (Wildman–Crippen MR) is 113 cm³/mol. The smallest absolute Gasteiger partial charge is 0.138 e. The van der Waals surface area contributed by atoms with E-state index in [2.05, 4.69) is 50.0 Å². The molecular formula is C22H17FN4S. The third-order valence-electron chi connectivity index (χ3n) is 4.89. The number of aromatic amines is 1. The Labute approximate surface area is 165 Å². The quantitative estimate of drug-likeness (QED) is 0.410. The Morgan fingerprint density at radius 2 is 1.89 bits per heavy atom. The van der Waals surface area contributed by atoms with Crippen LogP contribution in [-0.4, -0.2) is 21.5 Å². The number of para-hydroxylation sites is 1. The molecule has 0 fully saturated rings. The lowest BCUT2D eigenvalue weighted by molar-refractivity contribution is 0.628. The normalized spacial score (nSPS) is 11.3. The third kappa shape index (κ3) is 3.01. The second-order valence-electron chi connectivity index (χ2n) is 6.59. The molecule has 0 saturated heterocycles. The summed E-state index contributed by atoms with van der Waals surface area (Å²) in [5.41, 5.74) is 4.41. The minimum atomic E-state index is -0.239. The second-order valence-corrected chi connectivity index (χ2v) is 7.45. The first-order chi connectivity index (χ1) is 13.8. The number of hydrogen-bond donors (Lipinski definition) is 2. The van der Waals surface area contributed by atoms with Crippen LogP contribution in [-0.2, 0) is 6.42 Å². The number of H-pyrrole nitrogens is 1. The summed E-state index contributed by atoms with van der Waals surface area (Å²) in [6.07, 6.45) is 4.53. The van der Waals surface area contributed by atoms with Crippen LogP contribution >= 0.6 is 11.3 Å². The van der Waals surface area contributed by atoms with Crippen molar-refractivity contribution in [1.29, 1.82) is 0 Å². The van der Waals surface area contributed by atoms with E-state index < -0.39 is 0 Å². The van der Waals surface area contributed by atoms with Gasteiger partial charge in [-0.1, -0.05) is 30.3 Å². The Balaban J connectivity index is 1.43. The topological polar surface area (TPSA) is 53.6 Å². The average Bonchev–Trinajstić information content (AvgIpc) is 3.34. The SMILES string of the molecule is Fc1ccc(-c2csc3ncnc(NCCc4c[nH]c5ccccc45)c23)cc1. The van der Waals surface area contributed by atoms with E-state index in [0.29, 0.717) is 0 Å². The predicted octanol–water partition coefficient (Wildman–Crippen LogP) is 5.63. The summed E-state index contributed by atoms with van der Waals surface area (Å²) in [5, 5.41) is 7.75. The van der Waals surface area contributed by atoms with Gasteiger partial charge < -0.3 is 10.3 Å². The van der Waals surface area contributed by atoms with Gasteiger partial charge in [0.25, 0.3) is 0 Å². The largest absolute Gasteiger partial charge is 0.369 e. The molecule has 0 bridgehead atoms. The minimum Gasteiger partial charge on any atom is -0.369 e. The molecule has 0 aliphatic carbocycles. The van der Waals surface area contributed by atoms with Crippen LogP contribution in [0.4, 0.5) is 10.2 Å². The maximum absolute atomic E-state index is 13.3. The van der Waals surface area contributed by atoms with Crippen molar-refractivity contribution >= 4 is 38.3 Å². The van der Waals surface area contributed by atoms with Gasteiger partial charge in [0.05, 0.1) is 5.39 Å². The fourth-order valence-electron chi connectivity index (χ4n) is 3.51. The molecule has 4 nitrogen and oxygen atoms in total. The molecule has 3 heterocycles. The van der Waals surface area contributed by atoms with Crippen LogP contribution in [0.1, 0.15) is 5.56 Å². The van der Waals surface area contributed by atoms with Crippen LogP contribution in [0.15, 0.2) is 66.4 Å². The highest BCUT2D eigenvalue weighted by Gasteiger charge is 2.13. The summed E-state index contributed by atoms with van der Waals surface area (Å²) >= 11 is 1.57. The van der Waals surface area contributed by atoms with Crippen molar-refractivity contribution in [1.82, 2.24) is 15.0 Å². The first-order valence-electron chi connectivity index (χ1n) is 9.06. The van der Waals surface area contributed by atoms with E-state index in [0.717, 1.165) is 45.6 Å². The van der Waals surface area contributed by atoms with Gasteiger partial charge in [-0.05, 0) is 35.7 Å². The zero-order valence-corrected chi connectivity index (χ0v) is 15.8. The fourth-order valence-corrected chi connectivity index (χ4v) is 4.42. The van der Waals surface area contributed by atoms with Crippen molar-refractivity contribution in [2.75, 3.05) is 11.9 Å². The standard InChI is InChI=1S/C22H17FN4S/c23-16-7-5-14(6-8-16)18-12-28-22-20(18)21(26-13-27-22)24-10-9-15-11-25-19-4-2-1-3-17(15)19/h1-8,11-13,25H,9-10H2,(H,24,26,27). The molecule has 5 aromatic rings. The molecule has 2 N–H and O–H groups in total. The Kier molecular flexibility index (Phi) is 4.25.